The summed E-state index contributed by atoms with van der Waals surface area (Å²) < 4.78 is 0. The van der Waals surface area contributed by atoms with Gasteiger partial charge in [-0.2, -0.15) is 0 Å². The molecule has 1 aromatic rings. The molecular weight excluding hydrogens is 184 g/mol. The normalized spacial score (nSPS) is 27.2. The topological polar surface area (TPSA) is 28.7 Å². The van der Waals surface area contributed by atoms with Gasteiger partial charge in [0.15, 0.2) is 0 Å². The Labute approximate surface area is 89.4 Å². The van der Waals surface area contributed by atoms with E-state index in [9.17, 15) is 0 Å². The van der Waals surface area contributed by atoms with Gasteiger partial charge in [-0.3, -0.25) is 0 Å². The quantitative estimate of drug-likeness (QED) is 0.682. The van der Waals surface area contributed by atoms with Gasteiger partial charge in [-0.05, 0) is 19.9 Å². The first-order valence-electron chi connectivity index (χ1n) is 5.35. The second-order valence-corrected chi connectivity index (χ2v) is 4.33. The average molecular weight is 198 g/mol. The summed E-state index contributed by atoms with van der Waals surface area (Å²) in [7, 11) is 0. The number of nitrogens with one attached hydrogen (secondary N) is 1. The van der Waals surface area contributed by atoms with Crippen LogP contribution in [0.2, 0.25) is 0 Å². The fraction of sp³-hybridized carbons (Fsp3) is 0.308. The molecule has 2 atom stereocenters. The third kappa shape index (κ3) is 1.21. The molecule has 0 aliphatic heterocycles. The molecule has 76 valence electrons. The Morgan fingerprint density at radius 1 is 1.27 bits per heavy atom. The SMILES string of the molecule is CC1=CC=CC2C=Cc3nc(C)[nH]c3C12. The third-order valence-electron chi connectivity index (χ3n) is 3.23. The highest BCUT2D eigenvalue weighted by Gasteiger charge is 2.29. The fourth-order valence-corrected chi connectivity index (χ4v) is 2.54. The highest BCUT2D eigenvalue weighted by Crippen LogP contribution is 2.40. The van der Waals surface area contributed by atoms with Gasteiger partial charge in [-0.1, -0.05) is 29.9 Å². The maximum Gasteiger partial charge on any atom is 0.103 e. The van der Waals surface area contributed by atoms with E-state index in [0.29, 0.717) is 11.8 Å². The van der Waals surface area contributed by atoms with E-state index in [1.54, 1.807) is 0 Å². The van der Waals surface area contributed by atoms with Crippen LogP contribution in [-0.2, 0) is 0 Å². The van der Waals surface area contributed by atoms with E-state index < -0.39 is 0 Å². The molecule has 1 heterocycles. The molecule has 0 fully saturated rings. The minimum atomic E-state index is 0.469. The number of aromatic amines is 1. The molecule has 2 heteroatoms. The van der Waals surface area contributed by atoms with Crippen molar-refractivity contribution in [3.8, 4) is 0 Å². The van der Waals surface area contributed by atoms with Crippen molar-refractivity contribution in [2.24, 2.45) is 5.92 Å². The molecule has 2 aliphatic carbocycles. The number of hydrogen-bond donors (Lipinski definition) is 1. The van der Waals surface area contributed by atoms with Crippen LogP contribution >= 0.6 is 0 Å². The van der Waals surface area contributed by atoms with Crippen molar-refractivity contribution in [3.63, 3.8) is 0 Å². The Morgan fingerprint density at radius 2 is 2.13 bits per heavy atom. The number of hydrogen-bond acceptors (Lipinski definition) is 1. The minimum Gasteiger partial charge on any atom is -0.345 e. The molecule has 15 heavy (non-hydrogen) atoms. The van der Waals surface area contributed by atoms with E-state index in [-0.39, 0.29) is 0 Å². The van der Waals surface area contributed by atoms with Gasteiger partial charge in [0.2, 0.25) is 0 Å². The molecule has 0 spiro atoms. The summed E-state index contributed by atoms with van der Waals surface area (Å²) in [6.45, 7) is 4.21. The molecule has 0 radical (unpaired) electrons. The van der Waals surface area contributed by atoms with Crippen molar-refractivity contribution in [1.29, 1.82) is 0 Å². The van der Waals surface area contributed by atoms with Crippen LogP contribution in [0.25, 0.3) is 6.08 Å². The van der Waals surface area contributed by atoms with Crippen molar-refractivity contribution < 1.29 is 0 Å². The largest absolute Gasteiger partial charge is 0.345 e. The summed E-state index contributed by atoms with van der Waals surface area (Å²) >= 11 is 0. The summed E-state index contributed by atoms with van der Waals surface area (Å²) in [5, 5.41) is 0. The van der Waals surface area contributed by atoms with Crippen LogP contribution in [0.4, 0.5) is 0 Å². The van der Waals surface area contributed by atoms with E-state index in [1.165, 1.54) is 11.3 Å². The van der Waals surface area contributed by atoms with Crippen LogP contribution in [0.5, 0.6) is 0 Å². The Morgan fingerprint density at radius 3 is 3.00 bits per heavy atom. The first kappa shape index (κ1) is 8.72. The Bertz CT molecular complexity index is 489. The summed E-state index contributed by atoms with van der Waals surface area (Å²) in [5.74, 6) is 1.98. The Balaban J connectivity index is 2.16. The lowest BCUT2D eigenvalue weighted by Crippen LogP contribution is -2.16. The maximum atomic E-state index is 4.48. The van der Waals surface area contributed by atoms with Crippen LogP contribution in [0, 0.1) is 12.8 Å². The summed E-state index contributed by atoms with van der Waals surface area (Å²) in [6, 6.07) is 0. The lowest BCUT2D eigenvalue weighted by Gasteiger charge is -2.28. The monoisotopic (exact) mass is 198 g/mol. The molecule has 0 aromatic carbocycles. The summed E-state index contributed by atoms with van der Waals surface area (Å²) in [6.07, 6.45) is 11.0. The predicted octanol–water partition coefficient (Wildman–Crippen LogP) is 2.96. The van der Waals surface area contributed by atoms with E-state index in [2.05, 4.69) is 47.3 Å². The molecule has 0 saturated heterocycles. The zero-order valence-electron chi connectivity index (χ0n) is 8.99. The van der Waals surface area contributed by atoms with Gasteiger partial charge in [0.1, 0.15) is 5.82 Å². The summed E-state index contributed by atoms with van der Waals surface area (Å²) in [5.41, 5.74) is 3.80. The second kappa shape index (κ2) is 2.96. The van der Waals surface area contributed by atoms with Gasteiger partial charge < -0.3 is 4.98 Å². The molecule has 2 nitrogen and oxygen atoms in total. The molecule has 2 aliphatic rings. The molecule has 3 rings (SSSR count). The van der Waals surface area contributed by atoms with Crippen molar-refractivity contribution in [1.82, 2.24) is 9.97 Å². The number of imidazole rings is 1. The predicted molar refractivity (Wildman–Crippen MR) is 61.5 cm³/mol. The van der Waals surface area contributed by atoms with Gasteiger partial charge in [0.05, 0.1) is 11.4 Å². The molecular formula is C13H14N2. The van der Waals surface area contributed by atoms with E-state index in [0.717, 1.165) is 11.5 Å². The first-order chi connectivity index (χ1) is 7.25. The average Bonchev–Trinajstić information content (AvgIpc) is 2.58. The molecule has 0 bridgehead atoms. The van der Waals surface area contributed by atoms with Gasteiger partial charge in [0.25, 0.3) is 0 Å². The van der Waals surface area contributed by atoms with Crippen LogP contribution < -0.4 is 0 Å². The number of rotatable bonds is 0. The van der Waals surface area contributed by atoms with Crippen molar-refractivity contribution in [2.75, 3.05) is 0 Å². The van der Waals surface area contributed by atoms with Crippen molar-refractivity contribution in [3.05, 3.63) is 47.1 Å². The maximum absolute atomic E-state index is 4.48. The van der Waals surface area contributed by atoms with Crippen LogP contribution in [0.3, 0.4) is 0 Å². The summed E-state index contributed by atoms with van der Waals surface area (Å²) in [4.78, 5) is 7.87. The van der Waals surface area contributed by atoms with Crippen LogP contribution in [0.1, 0.15) is 30.1 Å². The molecule has 1 aromatic heterocycles. The van der Waals surface area contributed by atoms with Gasteiger partial charge in [-0.25, -0.2) is 4.98 Å². The highest BCUT2D eigenvalue weighted by molar-refractivity contribution is 5.57. The standard InChI is InChI=1S/C13H14N2/c1-8-4-3-5-10-6-7-11-13(12(8)10)15-9(2)14-11/h3-7,10,12H,1-2H3,(H,14,15). The lowest BCUT2D eigenvalue weighted by molar-refractivity contribution is 0.640. The Kier molecular flexibility index (Phi) is 1.72. The third-order valence-corrected chi connectivity index (χ3v) is 3.23. The number of H-pyrrole nitrogens is 1. The molecule has 0 saturated carbocycles. The number of fused-ring (bicyclic) bond motifs is 3. The van der Waals surface area contributed by atoms with Crippen molar-refractivity contribution in [2.45, 2.75) is 19.8 Å². The lowest BCUT2D eigenvalue weighted by atomic mass is 9.77. The van der Waals surface area contributed by atoms with Gasteiger partial charge in [-0.15, -0.1) is 0 Å². The van der Waals surface area contributed by atoms with Crippen LogP contribution in [0.15, 0.2) is 29.9 Å². The Hall–Kier alpha value is -1.57. The number of aryl methyl sites for hydroxylation is 1. The van der Waals surface area contributed by atoms with Crippen LogP contribution in [-0.4, -0.2) is 9.97 Å². The van der Waals surface area contributed by atoms with E-state index >= 15 is 0 Å². The smallest absolute Gasteiger partial charge is 0.103 e. The van der Waals surface area contributed by atoms with Gasteiger partial charge >= 0.3 is 0 Å². The van der Waals surface area contributed by atoms with E-state index in [1.807, 2.05) is 6.92 Å². The van der Waals surface area contributed by atoms with E-state index in [4.69, 9.17) is 0 Å². The number of aromatic nitrogens is 2. The zero-order valence-corrected chi connectivity index (χ0v) is 8.99. The second-order valence-electron chi connectivity index (χ2n) is 4.33. The zero-order chi connectivity index (χ0) is 10.4. The van der Waals surface area contributed by atoms with Gasteiger partial charge in [0, 0.05) is 11.8 Å². The molecule has 2 unspecified atom stereocenters. The fourth-order valence-electron chi connectivity index (χ4n) is 2.54. The molecule has 1 N–H and O–H groups in total. The molecule has 0 amide bonds. The highest BCUT2D eigenvalue weighted by atomic mass is 14.9. The van der Waals surface area contributed by atoms with Crippen molar-refractivity contribution >= 4 is 6.08 Å². The first-order valence-corrected chi connectivity index (χ1v) is 5.35. The minimum absolute atomic E-state index is 0.469. The number of allylic oxidation sites excluding steroid dienone is 5. The number of nitrogens with zero attached hydrogens (tertiary/aromatic N) is 1.